The summed E-state index contributed by atoms with van der Waals surface area (Å²) in [5, 5.41) is 10.0. The van der Waals surface area contributed by atoms with Crippen LogP contribution in [0.25, 0.3) is 0 Å². The third-order valence-corrected chi connectivity index (χ3v) is 7.84. The minimum atomic E-state index is -0.209. The molecule has 3 saturated carbocycles. The second-order valence-corrected chi connectivity index (χ2v) is 9.69. The van der Waals surface area contributed by atoms with E-state index in [2.05, 4.69) is 32.6 Å². The molecule has 0 spiro atoms. The monoisotopic (exact) mass is 631 g/mol. The number of aliphatic hydroxyl groups is 1. The van der Waals surface area contributed by atoms with Crippen LogP contribution in [0.2, 0.25) is 0 Å². The Labute approximate surface area is 215 Å². The standard InChI is InChI=1S/C26H39O3.Th/c1-18-10-13-22(27)17-21(18)12-11-20-8-6-16-26(3)23(14-15-24(20)26)19(2)7-5-9-25(28)29-4;/h11-12,19,22,24,27H,1,5-10,13-17H2,2-4H3;/q-1;/b20-11+,21-12-;/t19-,22+,24+,26-;/m1./s1. The Kier molecular flexibility index (Phi) is 10.3. The van der Waals surface area contributed by atoms with Gasteiger partial charge in [0.05, 0.1) is 13.2 Å². The number of aliphatic hydroxyl groups excluding tert-OH is 1. The van der Waals surface area contributed by atoms with Gasteiger partial charge in [0.15, 0.2) is 0 Å². The van der Waals surface area contributed by atoms with E-state index in [9.17, 15) is 9.90 Å². The van der Waals surface area contributed by atoms with Crippen molar-refractivity contribution in [3.8, 4) is 0 Å². The van der Waals surface area contributed by atoms with Gasteiger partial charge in [-0.2, -0.15) is 12.3 Å². The molecule has 30 heavy (non-hydrogen) atoms. The van der Waals surface area contributed by atoms with Crippen LogP contribution in [-0.4, -0.2) is 24.3 Å². The summed E-state index contributed by atoms with van der Waals surface area (Å²) in [6.07, 6.45) is 15.7. The summed E-state index contributed by atoms with van der Waals surface area (Å²) < 4.78 is 4.79. The molecule has 0 aliphatic heterocycles. The van der Waals surface area contributed by atoms with Gasteiger partial charge in [0.25, 0.3) is 0 Å². The molecule has 3 fully saturated rings. The van der Waals surface area contributed by atoms with Crippen LogP contribution in [0, 0.1) is 63.1 Å². The van der Waals surface area contributed by atoms with E-state index in [0.717, 1.165) is 32.1 Å². The first-order valence-electron chi connectivity index (χ1n) is 11.5. The normalized spacial score (nSPS) is 33.3. The average molecular weight is 632 g/mol. The molecule has 4 atom stereocenters. The maximum atomic E-state index is 11.4. The molecule has 3 rings (SSSR count). The molecule has 0 aromatic heterocycles. The maximum absolute atomic E-state index is 11.4. The topological polar surface area (TPSA) is 46.5 Å². The molecule has 0 heterocycles. The molecule has 0 unspecified atom stereocenters. The van der Waals surface area contributed by atoms with Gasteiger partial charge in [-0.05, 0) is 43.6 Å². The fraction of sp³-hybridized carbons (Fsp3) is 0.692. The number of carbonyl (C=O) groups is 1. The second kappa shape index (κ2) is 11.7. The maximum Gasteiger partial charge on any atom is 0.305 e. The Morgan fingerprint density at radius 3 is 2.87 bits per heavy atom. The predicted molar refractivity (Wildman–Crippen MR) is 118 cm³/mol. The average Bonchev–Trinajstić information content (AvgIpc) is 3.06. The molecular formula is C26H39O3Th-. The van der Waals surface area contributed by atoms with Gasteiger partial charge in [0, 0.05) is 46.4 Å². The molecule has 0 radical (unpaired) electrons. The van der Waals surface area contributed by atoms with Crippen molar-refractivity contribution in [2.45, 2.75) is 90.6 Å². The summed E-state index contributed by atoms with van der Waals surface area (Å²) in [5.74, 6) is 2.85. The molecule has 0 aromatic carbocycles. The molecule has 0 saturated heterocycles. The summed E-state index contributed by atoms with van der Waals surface area (Å²) >= 11 is 0. The summed E-state index contributed by atoms with van der Waals surface area (Å²) in [6, 6.07) is 0. The van der Waals surface area contributed by atoms with Gasteiger partial charge in [-0.25, -0.2) is 0 Å². The van der Waals surface area contributed by atoms with Crippen molar-refractivity contribution >= 4 is 5.97 Å². The van der Waals surface area contributed by atoms with Crippen molar-refractivity contribution in [1.29, 1.82) is 0 Å². The number of rotatable bonds is 6. The van der Waals surface area contributed by atoms with E-state index in [1.807, 2.05) is 0 Å². The second-order valence-electron chi connectivity index (χ2n) is 9.69. The Hall–Kier alpha value is -0.0253. The third-order valence-electron chi connectivity index (χ3n) is 7.84. The van der Waals surface area contributed by atoms with Gasteiger partial charge < -0.3 is 15.8 Å². The fourth-order valence-corrected chi connectivity index (χ4v) is 6.12. The smallest absolute Gasteiger partial charge is 0.305 e. The van der Waals surface area contributed by atoms with Crippen molar-refractivity contribution in [3.63, 3.8) is 0 Å². The van der Waals surface area contributed by atoms with Crippen molar-refractivity contribution in [3.05, 3.63) is 41.4 Å². The Morgan fingerprint density at radius 1 is 1.37 bits per heavy atom. The van der Waals surface area contributed by atoms with Crippen molar-refractivity contribution in [1.82, 2.24) is 0 Å². The van der Waals surface area contributed by atoms with E-state index in [-0.39, 0.29) is 52.0 Å². The van der Waals surface area contributed by atoms with Crippen molar-refractivity contribution in [2.24, 2.45) is 17.3 Å². The number of ether oxygens (including phenoxy) is 1. The van der Waals surface area contributed by atoms with Crippen molar-refractivity contribution < 1.29 is 54.6 Å². The molecule has 0 aromatic rings. The minimum absolute atomic E-state index is 0. The van der Waals surface area contributed by atoms with Gasteiger partial charge >= 0.3 is 5.97 Å². The molecule has 1 N–H and O–H groups in total. The van der Waals surface area contributed by atoms with E-state index < -0.39 is 0 Å². The van der Waals surface area contributed by atoms with Crippen molar-refractivity contribution in [2.75, 3.05) is 7.11 Å². The molecule has 3 aliphatic rings. The minimum Gasteiger partial charge on any atom is -0.469 e. The SMILES string of the molecule is C=C1CC[C@H](O)C/C1=C/C=C1\CCC[C@]2(C)[C-]([C@H](C)CCCC(=O)OC)CC[C@@H]12.[Th]. The Bertz CT molecular complexity index is 680. The van der Waals surface area contributed by atoms with Gasteiger partial charge in [-0.1, -0.05) is 69.4 Å². The first kappa shape index (κ1) is 26.2. The van der Waals surface area contributed by atoms with E-state index in [1.54, 1.807) is 11.5 Å². The molecule has 4 heteroatoms. The van der Waals surface area contributed by atoms with E-state index in [4.69, 9.17) is 4.74 Å². The number of allylic oxidation sites excluding steroid dienone is 4. The number of methoxy groups -OCH3 is 1. The van der Waals surface area contributed by atoms with Crippen LogP contribution in [0.3, 0.4) is 0 Å². The van der Waals surface area contributed by atoms with Gasteiger partial charge in [-0.15, -0.1) is 5.41 Å². The quantitative estimate of drug-likeness (QED) is 0.285. The number of fused-ring (bicyclic) bond motifs is 1. The first-order chi connectivity index (χ1) is 13.8. The molecule has 3 nitrogen and oxygen atoms in total. The summed E-state index contributed by atoms with van der Waals surface area (Å²) in [4.78, 5) is 11.4. The fourth-order valence-electron chi connectivity index (χ4n) is 6.12. The van der Waals surface area contributed by atoms with Crippen LogP contribution in [0.1, 0.15) is 84.5 Å². The van der Waals surface area contributed by atoms with Crippen LogP contribution < -0.4 is 0 Å². The number of esters is 1. The third kappa shape index (κ3) is 6.06. The first-order valence-corrected chi connectivity index (χ1v) is 11.5. The summed E-state index contributed by atoms with van der Waals surface area (Å²) in [5.41, 5.74) is 4.33. The zero-order valence-electron chi connectivity index (χ0n) is 19.1. The van der Waals surface area contributed by atoms with Crippen LogP contribution in [0.15, 0.2) is 35.5 Å². The van der Waals surface area contributed by atoms with Crippen LogP contribution in [0.5, 0.6) is 0 Å². The summed E-state index contributed by atoms with van der Waals surface area (Å²) in [7, 11) is 1.47. The molecule has 0 amide bonds. The molecule has 0 bridgehead atoms. The summed E-state index contributed by atoms with van der Waals surface area (Å²) in [6.45, 7) is 9.05. The predicted octanol–water partition coefficient (Wildman–Crippen LogP) is 6.09. The van der Waals surface area contributed by atoms with Gasteiger partial charge in [0.1, 0.15) is 0 Å². The Balaban J connectivity index is 0.00000320. The van der Waals surface area contributed by atoms with Crippen LogP contribution >= 0.6 is 0 Å². The number of hydrogen-bond donors (Lipinski definition) is 1. The van der Waals surface area contributed by atoms with E-state index in [0.29, 0.717) is 23.7 Å². The molecular weight excluding hydrogens is 592 g/mol. The van der Waals surface area contributed by atoms with E-state index >= 15 is 0 Å². The van der Waals surface area contributed by atoms with E-state index in [1.165, 1.54) is 50.4 Å². The molecule has 166 valence electrons. The zero-order valence-corrected chi connectivity index (χ0v) is 23.2. The number of hydrogen-bond acceptors (Lipinski definition) is 3. The Morgan fingerprint density at radius 2 is 2.13 bits per heavy atom. The zero-order chi connectivity index (χ0) is 21.0. The van der Waals surface area contributed by atoms with Crippen LogP contribution in [-0.2, 0) is 9.53 Å². The largest absolute Gasteiger partial charge is 0.469 e. The van der Waals surface area contributed by atoms with Gasteiger partial charge in [0.2, 0.25) is 0 Å². The molecule has 3 aliphatic carbocycles. The number of carbonyl (C=O) groups excluding carboxylic acids is 1. The van der Waals surface area contributed by atoms with Gasteiger partial charge in [-0.3, -0.25) is 4.79 Å². The van der Waals surface area contributed by atoms with Crippen LogP contribution in [0.4, 0.5) is 0 Å².